The van der Waals surface area contributed by atoms with Gasteiger partial charge in [-0.05, 0) is 26.0 Å². The van der Waals surface area contributed by atoms with Crippen LogP contribution in [0.3, 0.4) is 0 Å². The molecule has 136 valence electrons. The molecule has 2 rings (SSSR count). The molecule has 0 fully saturated rings. The molecule has 0 aliphatic rings. The summed E-state index contributed by atoms with van der Waals surface area (Å²) < 4.78 is 0. The highest BCUT2D eigenvalue weighted by Gasteiger charge is 2.18. The van der Waals surface area contributed by atoms with Crippen molar-refractivity contribution in [3.63, 3.8) is 0 Å². The Hall–Kier alpha value is -3.22. The molecule has 0 radical (unpaired) electrons. The summed E-state index contributed by atoms with van der Waals surface area (Å²) in [6.07, 6.45) is 0.194. The molecule has 7 nitrogen and oxygen atoms in total. The van der Waals surface area contributed by atoms with E-state index >= 15 is 0 Å². The highest BCUT2D eigenvalue weighted by Crippen LogP contribution is 2.26. The summed E-state index contributed by atoms with van der Waals surface area (Å²) >= 11 is 0. The number of nitrogens with zero attached hydrogens (tertiary/aromatic N) is 1. The zero-order valence-electron chi connectivity index (χ0n) is 14.7. The van der Waals surface area contributed by atoms with Crippen molar-refractivity contribution >= 4 is 23.1 Å². The van der Waals surface area contributed by atoms with E-state index in [2.05, 4.69) is 10.6 Å². The Morgan fingerprint density at radius 2 is 1.77 bits per heavy atom. The predicted octanol–water partition coefficient (Wildman–Crippen LogP) is 3.15. The number of hydrogen-bond acceptors (Lipinski definition) is 5. The van der Waals surface area contributed by atoms with Crippen LogP contribution in [0, 0.1) is 10.1 Å². The Morgan fingerprint density at radius 3 is 2.38 bits per heavy atom. The van der Waals surface area contributed by atoms with E-state index in [0.717, 1.165) is 0 Å². The van der Waals surface area contributed by atoms with E-state index in [1.807, 2.05) is 13.8 Å². The third-order valence-corrected chi connectivity index (χ3v) is 3.61. The summed E-state index contributed by atoms with van der Waals surface area (Å²) in [6, 6.07) is 12.9. The number of benzene rings is 2. The average Bonchev–Trinajstić information content (AvgIpc) is 2.61. The minimum Gasteiger partial charge on any atom is -0.379 e. The van der Waals surface area contributed by atoms with Crippen LogP contribution in [-0.4, -0.2) is 29.2 Å². The van der Waals surface area contributed by atoms with Gasteiger partial charge in [0.15, 0.2) is 5.78 Å². The third kappa shape index (κ3) is 5.14. The van der Waals surface area contributed by atoms with Gasteiger partial charge >= 0.3 is 0 Å². The zero-order valence-corrected chi connectivity index (χ0v) is 14.7. The van der Waals surface area contributed by atoms with Crippen LogP contribution in [-0.2, 0) is 4.79 Å². The summed E-state index contributed by atoms with van der Waals surface area (Å²) in [5.41, 5.74) is 0.784. The van der Waals surface area contributed by atoms with Crippen LogP contribution in [0.4, 0.5) is 11.4 Å². The monoisotopic (exact) mass is 355 g/mol. The normalized spacial score (nSPS) is 10.4. The Labute approximate surface area is 151 Å². The molecule has 7 heteroatoms. The van der Waals surface area contributed by atoms with Gasteiger partial charge in [0.2, 0.25) is 5.91 Å². The summed E-state index contributed by atoms with van der Waals surface area (Å²) in [6.45, 7) is 3.97. The van der Waals surface area contributed by atoms with Gasteiger partial charge in [-0.3, -0.25) is 19.7 Å². The zero-order chi connectivity index (χ0) is 19.1. The Balaban J connectivity index is 2.12. The summed E-state index contributed by atoms with van der Waals surface area (Å²) in [4.78, 5) is 34.9. The van der Waals surface area contributed by atoms with Crippen molar-refractivity contribution in [3.8, 4) is 0 Å². The highest BCUT2D eigenvalue weighted by atomic mass is 16.6. The molecule has 0 unspecified atom stereocenters. The molecule has 0 spiro atoms. The van der Waals surface area contributed by atoms with Crippen molar-refractivity contribution in [1.29, 1.82) is 0 Å². The molecule has 1 amide bonds. The van der Waals surface area contributed by atoms with Gasteiger partial charge in [-0.15, -0.1) is 0 Å². The van der Waals surface area contributed by atoms with Crippen molar-refractivity contribution < 1.29 is 14.5 Å². The molecule has 2 aromatic carbocycles. The van der Waals surface area contributed by atoms with E-state index in [1.165, 1.54) is 12.1 Å². The number of ketones is 1. The molecule has 0 heterocycles. The molecule has 0 saturated heterocycles. The second-order valence-corrected chi connectivity index (χ2v) is 6.08. The van der Waals surface area contributed by atoms with Gasteiger partial charge in [0.1, 0.15) is 5.69 Å². The van der Waals surface area contributed by atoms with Crippen molar-refractivity contribution in [1.82, 2.24) is 5.32 Å². The molecule has 0 aromatic heterocycles. The van der Waals surface area contributed by atoms with Gasteiger partial charge in [0, 0.05) is 36.2 Å². The summed E-state index contributed by atoms with van der Waals surface area (Å²) in [5.74, 6) is -0.414. The van der Waals surface area contributed by atoms with Gasteiger partial charge in [0.25, 0.3) is 5.69 Å². The van der Waals surface area contributed by atoms with Crippen LogP contribution in [0.25, 0.3) is 0 Å². The molecule has 0 atom stereocenters. The van der Waals surface area contributed by atoms with E-state index in [0.29, 0.717) is 5.56 Å². The average molecular weight is 355 g/mol. The molecule has 0 aliphatic heterocycles. The topological polar surface area (TPSA) is 101 Å². The number of carbonyl (C=O) groups is 2. The standard InChI is InChI=1S/C19H21N3O4/c1-13(2)21-18(23)10-11-20-16-9-8-15(12-17(16)22(25)26)19(24)14-6-4-3-5-7-14/h3-9,12-13,20H,10-11H2,1-2H3,(H,21,23). The van der Waals surface area contributed by atoms with Crippen LogP contribution < -0.4 is 10.6 Å². The predicted molar refractivity (Wildman–Crippen MR) is 99.4 cm³/mol. The molecule has 26 heavy (non-hydrogen) atoms. The lowest BCUT2D eigenvalue weighted by atomic mass is 10.0. The van der Waals surface area contributed by atoms with Crippen molar-refractivity contribution in [2.24, 2.45) is 0 Å². The third-order valence-electron chi connectivity index (χ3n) is 3.61. The van der Waals surface area contributed by atoms with E-state index in [4.69, 9.17) is 0 Å². The fourth-order valence-electron chi connectivity index (χ4n) is 2.43. The number of anilines is 1. The number of nitro benzene ring substituents is 1. The number of nitrogens with one attached hydrogen (secondary N) is 2. The van der Waals surface area contributed by atoms with Crippen LogP contribution >= 0.6 is 0 Å². The van der Waals surface area contributed by atoms with Crippen LogP contribution in [0.1, 0.15) is 36.2 Å². The summed E-state index contributed by atoms with van der Waals surface area (Å²) in [7, 11) is 0. The lowest BCUT2D eigenvalue weighted by molar-refractivity contribution is -0.384. The number of hydrogen-bond donors (Lipinski definition) is 2. The highest BCUT2D eigenvalue weighted by molar-refractivity contribution is 6.09. The van der Waals surface area contributed by atoms with E-state index in [9.17, 15) is 19.7 Å². The van der Waals surface area contributed by atoms with Crippen molar-refractivity contribution in [3.05, 3.63) is 69.8 Å². The molecule has 0 saturated carbocycles. The number of carbonyl (C=O) groups excluding carboxylic acids is 2. The maximum atomic E-state index is 12.4. The van der Waals surface area contributed by atoms with E-state index in [1.54, 1.807) is 36.4 Å². The first-order valence-corrected chi connectivity index (χ1v) is 8.30. The maximum absolute atomic E-state index is 12.4. The lowest BCUT2D eigenvalue weighted by Crippen LogP contribution is -2.31. The van der Waals surface area contributed by atoms with Crippen molar-refractivity contribution in [2.45, 2.75) is 26.3 Å². The van der Waals surface area contributed by atoms with Crippen LogP contribution in [0.15, 0.2) is 48.5 Å². The molecular weight excluding hydrogens is 334 g/mol. The minimum absolute atomic E-state index is 0.0418. The van der Waals surface area contributed by atoms with E-state index < -0.39 is 4.92 Å². The van der Waals surface area contributed by atoms with Gasteiger partial charge in [0.05, 0.1) is 4.92 Å². The molecule has 0 bridgehead atoms. The van der Waals surface area contributed by atoms with Crippen LogP contribution in [0.5, 0.6) is 0 Å². The first kappa shape index (κ1) is 19.1. The Bertz CT molecular complexity index is 804. The molecule has 0 aliphatic carbocycles. The number of nitro groups is 1. The minimum atomic E-state index is -0.543. The number of rotatable bonds is 8. The molecular formula is C19H21N3O4. The largest absolute Gasteiger partial charge is 0.379 e. The van der Waals surface area contributed by atoms with Crippen LogP contribution in [0.2, 0.25) is 0 Å². The van der Waals surface area contributed by atoms with E-state index in [-0.39, 0.29) is 47.6 Å². The Morgan fingerprint density at radius 1 is 1.08 bits per heavy atom. The molecule has 2 aromatic rings. The smallest absolute Gasteiger partial charge is 0.293 e. The second-order valence-electron chi connectivity index (χ2n) is 6.08. The Kier molecular flexibility index (Phi) is 6.43. The van der Waals surface area contributed by atoms with Crippen molar-refractivity contribution in [2.75, 3.05) is 11.9 Å². The number of amides is 1. The fourth-order valence-corrected chi connectivity index (χ4v) is 2.43. The molecule has 2 N–H and O–H groups in total. The van der Waals surface area contributed by atoms with Gasteiger partial charge < -0.3 is 10.6 Å². The van der Waals surface area contributed by atoms with Gasteiger partial charge in [-0.25, -0.2) is 0 Å². The summed E-state index contributed by atoms with van der Waals surface area (Å²) in [5, 5.41) is 17.0. The first-order valence-electron chi connectivity index (χ1n) is 8.30. The quantitative estimate of drug-likeness (QED) is 0.430. The lowest BCUT2D eigenvalue weighted by Gasteiger charge is -2.10. The SMILES string of the molecule is CC(C)NC(=O)CCNc1ccc(C(=O)c2ccccc2)cc1[N+](=O)[O-]. The first-order chi connectivity index (χ1) is 12.4. The maximum Gasteiger partial charge on any atom is 0.293 e. The van der Waals surface area contributed by atoms with Gasteiger partial charge in [-0.1, -0.05) is 30.3 Å². The fraction of sp³-hybridized carbons (Fsp3) is 0.263. The van der Waals surface area contributed by atoms with Gasteiger partial charge in [-0.2, -0.15) is 0 Å². The second kappa shape index (κ2) is 8.75.